The molecule has 1 aliphatic heterocycles. The molecular formula is C43H58ClFN6O8S. The number of benzene rings is 2. The Morgan fingerprint density at radius 2 is 1.73 bits per heavy atom. The molecule has 0 unspecified atom stereocenters. The third-order valence-corrected chi connectivity index (χ3v) is 11.3. The van der Waals surface area contributed by atoms with E-state index < -0.39 is 70.8 Å². The molecule has 0 radical (unpaired) electrons. The number of aryl methyl sites for hydroxylation is 2. The molecule has 0 aliphatic carbocycles. The van der Waals surface area contributed by atoms with Crippen LogP contribution in [-0.2, 0) is 30.3 Å². The largest absolute Gasteiger partial charge is 0.490 e. The molecule has 4 rings (SSSR count). The van der Waals surface area contributed by atoms with Gasteiger partial charge in [0.05, 0.1) is 39.3 Å². The van der Waals surface area contributed by atoms with Gasteiger partial charge in [-0.05, 0) is 82.1 Å². The first-order chi connectivity index (χ1) is 28.0. The van der Waals surface area contributed by atoms with Gasteiger partial charge in [0.25, 0.3) is 0 Å². The number of amides is 5. The highest BCUT2D eigenvalue weighted by atomic mass is 35.5. The van der Waals surface area contributed by atoms with Crippen LogP contribution in [0.4, 0.5) is 9.18 Å². The number of halogens is 2. The van der Waals surface area contributed by atoms with Crippen LogP contribution in [0.25, 0.3) is 10.4 Å². The second-order valence-corrected chi connectivity index (χ2v) is 18.5. The minimum atomic E-state index is -1.03. The third-order valence-electron chi connectivity index (χ3n) is 9.89. The van der Waals surface area contributed by atoms with Crippen molar-refractivity contribution < 1.29 is 42.9 Å². The monoisotopic (exact) mass is 872 g/mol. The predicted octanol–water partition coefficient (Wildman–Crippen LogP) is 6.14. The molecule has 1 aromatic heterocycles. The first-order valence-corrected chi connectivity index (χ1v) is 21.2. The molecule has 0 spiro atoms. The predicted molar refractivity (Wildman–Crippen MR) is 228 cm³/mol. The lowest BCUT2D eigenvalue weighted by Crippen LogP contribution is -2.57. The molecule has 2 heterocycles. The summed E-state index contributed by atoms with van der Waals surface area (Å²) in [5.41, 5.74) is 8.77. The zero-order valence-corrected chi connectivity index (χ0v) is 37.1. The Morgan fingerprint density at radius 3 is 2.33 bits per heavy atom. The van der Waals surface area contributed by atoms with E-state index in [4.69, 9.17) is 26.8 Å². The van der Waals surface area contributed by atoms with Gasteiger partial charge in [0.2, 0.25) is 23.6 Å². The first kappa shape index (κ1) is 47.9. The van der Waals surface area contributed by atoms with E-state index in [-0.39, 0.29) is 68.5 Å². The smallest absolute Gasteiger partial charge is 0.407 e. The first-order valence-electron chi connectivity index (χ1n) is 20.0. The zero-order chi connectivity index (χ0) is 44.5. The van der Waals surface area contributed by atoms with Crippen LogP contribution < -0.4 is 26.4 Å². The number of hydrogen-bond acceptors (Lipinski definition) is 10. The van der Waals surface area contributed by atoms with Crippen molar-refractivity contribution in [1.82, 2.24) is 25.8 Å². The number of hydrogen-bond donors (Lipinski definition) is 5. The highest BCUT2D eigenvalue weighted by Gasteiger charge is 2.44. The SMILES string of the molecule is Cc1ncsc1-c1ccc([C@H](C)NC(=O)[C@@H]2C[C@@H](O)CN2C(=O)[C@@H](NC(=O)CCCc2cc(F)cc(OC[C@H](CCC(N)=O)NC(=O)OC(C)(C)C)c2Cl)C(C)(C)C)cc1. The van der Waals surface area contributed by atoms with Gasteiger partial charge in [0.1, 0.15) is 35.9 Å². The van der Waals surface area contributed by atoms with Crippen LogP contribution in [0.2, 0.25) is 5.02 Å². The van der Waals surface area contributed by atoms with Crippen molar-refractivity contribution in [3.63, 3.8) is 0 Å². The van der Waals surface area contributed by atoms with Crippen LogP contribution in [0, 0.1) is 18.2 Å². The molecule has 5 amide bonds. The second kappa shape index (κ2) is 20.6. The average Bonchev–Trinajstić information content (AvgIpc) is 3.76. The highest BCUT2D eigenvalue weighted by molar-refractivity contribution is 7.13. The fraction of sp³-hybridized carbons (Fsp3) is 0.535. The van der Waals surface area contributed by atoms with Crippen molar-refractivity contribution in [3.8, 4) is 16.2 Å². The van der Waals surface area contributed by atoms with Crippen molar-refractivity contribution >= 4 is 52.7 Å². The van der Waals surface area contributed by atoms with Gasteiger partial charge in [-0.3, -0.25) is 19.2 Å². The molecule has 1 saturated heterocycles. The number of nitrogens with zero attached hydrogens (tertiary/aromatic N) is 2. The molecule has 1 aliphatic rings. The van der Waals surface area contributed by atoms with E-state index >= 15 is 0 Å². The standard InChI is InChI=1S/C43H58ClFN6O8S/c1-24(26-12-14-27(15-13-26)37-25(2)47-23-60-37)48-39(55)32-20-31(52)21-51(32)40(56)38(42(3,4)5)50-35(54)11-9-10-28-18-29(45)19-33(36(28)44)58-22-30(16-17-34(46)53)49-41(57)59-43(6,7)8/h12-15,18-19,23-24,30-32,38,52H,9-11,16-17,20-22H2,1-8H3,(H2,46,53)(H,48,55)(H,49,57)(H,50,54)/t24-,30-,31+,32-,38+/m0/s1. The molecule has 1 fully saturated rings. The number of aliphatic hydroxyl groups excluding tert-OH is 1. The molecule has 17 heteroatoms. The summed E-state index contributed by atoms with van der Waals surface area (Å²) < 4.78 is 25.9. The van der Waals surface area contributed by atoms with Crippen molar-refractivity contribution in [3.05, 3.63) is 69.6 Å². The van der Waals surface area contributed by atoms with Gasteiger partial charge in [-0.15, -0.1) is 11.3 Å². The van der Waals surface area contributed by atoms with E-state index in [0.717, 1.165) is 27.8 Å². The number of aliphatic hydroxyl groups is 1. The molecule has 328 valence electrons. The van der Waals surface area contributed by atoms with Crippen LogP contribution in [-0.4, -0.2) is 87.7 Å². The summed E-state index contributed by atoms with van der Waals surface area (Å²) in [6.07, 6.45) is -1.14. The Hall–Kier alpha value is -4.80. The van der Waals surface area contributed by atoms with Crippen LogP contribution in [0.3, 0.4) is 0 Å². The van der Waals surface area contributed by atoms with Gasteiger partial charge in [-0.1, -0.05) is 56.6 Å². The number of carbonyl (C=O) groups is 5. The second-order valence-electron chi connectivity index (χ2n) is 17.3. The number of thiazole rings is 1. The van der Waals surface area contributed by atoms with Crippen molar-refractivity contribution in [2.75, 3.05) is 13.2 Å². The van der Waals surface area contributed by atoms with E-state index in [0.29, 0.717) is 5.56 Å². The molecule has 0 bridgehead atoms. The highest BCUT2D eigenvalue weighted by Crippen LogP contribution is 2.32. The minimum absolute atomic E-state index is 0.00487. The topological polar surface area (TPSA) is 202 Å². The molecule has 60 heavy (non-hydrogen) atoms. The van der Waals surface area contributed by atoms with E-state index in [1.807, 2.05) is 38.1 Å². The molecule has 5 atom stereocenters. The number of rotatable bonds is 17. The Bertz CT molecular complexity index is 2000. The maximum Gasteiger partial charge on any atom is 0.407 e. The lowest BCUT2D eigenvalue weighted by molar-refractivity contribution is -0.144. The van der Waals surface area contributed by atoms with E-state index in [1.54, 1.807) is 58.4 Å². The quantitative estimate of drug-likeness (QED) is 0.106. The van der Waals surface area contributed by atoms with Crippen LogP contribution >= 0.6 is 22.9 Å². The summed E-state index contributed by atoms with van der Waals surface area (Å²) in [6, 6.07) is 7.09. The maximum absolute atomic E-state index is 14.8. The number of likely N-dealkylation sites (tertiary alicyclic amines) is 1. The number of carbonyl (C=O) groups excluding carboxylic acids is 5. The summed E-state index contributed by atoms with van der Waals surface area (Å²) in [6.45, 7) is 14.1. The van der Waals surface area contributed by atoms with E-state index in [2.05, 4.69) is 20.9 Å². The maximum atomic E-state index is 14.8. The summed E-state index contributed by atoms with van der Waals surface area (Å²) in [7, 11) is 0. The number of nitrogens with one attached hydrogen (secondary N) is 3. The minimum Gasteiger partial charge on any atom is -0.490 e. The Morgan fingerprint density at radius 1 is 1.05 bits per heavy atom. The van der Waals surface area contributed by atoms with E-state index in [9.17, 15) is 33.5 Å². The molecule has 0 saturated carbocycles. The van der Waals surface area contributed by atoms with Crippen LogP contribution in [0.15, 0.2) is 41.9 Å². The fourth-order valence-electron chi connectivity index (χ4n) is 6.77. The van der Waals surface area contributed by atoms with Crippen molar-refractivity contribution in [2.45, 2.75) is 130 Å². The molecule has 3 aromatic rings. The van der Waals surface area contributed by atoms with Crippen molar-refractivity contribution in [2.24, 2.45) is 11.1 Å². The number of β-amino-alcohol motifs (C(OH)–C–C–N with tert-alkyl or cyclic N) is 1. The summed E-state index contributed by atoms with van der Waals surface area (Å²) >= 11 is 8.18. The Labute approximate surface area is 360 Å². The van der Waals surface area contributed by atoms with Crippen LogP contribution in [0.1, 0.15) is 103 Å². The van der Waals surface area contributed by atoms with Gasteiger partial charge in [0.15, 0.2) is 0 Å². The zero-order valence-electron chi connectivity index (χ0n) is 35.5. The summed E-state index contributed by atoms with van der Waals surface area (Å²) in [5, 5.41) is 19.2. The summed E-state index contributed by atoms with van der Waals surface area (Å²) in [4.78, 5) is 71.7. The van der Waals surface area contributed by atoms with Crippen molar-refractivity contribution in [1.29, 1.82) is 0 Å². The number of primary amides is 1. The fourth-order valence-corrected chi connectivity index (χ4v) is 7.84. The van der Waals surface area contributed by atoms with Gasteiger partial charge in [-0.2, -0.15) is 0 Å². The van der Waals surface area contributed by atoms with Crippen LogP contribution in [0.5, 0.6) is 5.75 Å². The summed E-state index contributed by atoms with van der Waals surface area (Å²) in [5.74, 6) is -2.55. The Kier molecular flexibility index (Phi) is 16.5. The Balaban J connectivity index is 1.36. The van der Waals surface area contributed by atoms with Gasteiger partial charge >= 0.3 is 6.09 Å². The van der Waals surface area contributed by atoms with Gasteiger partial charge in [-0.25, -0.2) is 14.2 Å². The van der Waals surface area contributed by atoms with Gasteiger partial charge in [0, 0.05) is 31.9 Å². The van der Waals surface area contributed by atoms with E-state index in [1.165, 1.54) is 11.0 Å². The number of aromatic nitrogens is 1. The number of nitrogens with two attached hydrogens (primary N) is 1. The average molecular weight is 873 g/mol. The lowest BCUT2D eigenvalue weighted by atomic mass is 9.85. The normalized spacial score (nSPS) is 17.0. The lowest BCUT2D eigenvalue weighted by Gasteiger charge is -2.35. The molecule has 2 aromatic carbocycles. The number of alkyl carbamates (subject to hydrolysis) is 1. The molecule has 14 nitrogen and oxygen atoms in total. The third kappa shape index (κ3) is 13.9. The number of ether oxygens (including phenoxy) is 2. The molecule has 6 N–H and O–H groups in total. The molecular weight excluding hydrogens is 815 g/mol. The van der Waals surface area contributed by atoms with Gasteiger partial charge < -0.3 is 41.2 Å².